The van der Waals surface area contributed by atoms with Crippen LogP contribution in [0.25, 0.3) is 0 Å². The Hall–Kier alpha value is -2.64. The van der Waals surface area contributed by atoms with E-state index in [9.17, 15) is 23.9 Å². The Morgan fingerprint density at radius 3 is 2.33 bits per heavy atom. The zero-order chi connectivity index (χ0) is 24.2. The largest absolute Gasteiger partial charge is 0.411 e. The van der Waals surface area contributed by atoms with Crippen molar-refractivity contribution in [3.05, 3.63) is 70.8 Å². The van der Waals surface area contributed by atoms with Crippen LogP contribution in [0.15, 0.2) is 47.6 Å². The molecule has 1 saturated carbocycles. The molecule has 1 unspecified atom stereocenters. The highest BCUT2D eigenvalue weighted by molar-refractivity contribution is 5.96. The molecule has 2 aromatic carbocycles. The number of nitrogens with one attached hydrogen (secondary N) is 1. The summed E-state index contributed by atoms with van der Waals surface area (Å²) < 4.78 is 26.9. The van der Waals surface area contributed by atoms with E-state index in [2.05, 4.69) is 49.4 Å². The van der Waals surface area contributed by atoms with E-state index in [-0.39, 0.29) is 23.9 Å². The van der Waals surface area contributed by atoms with E-state index >= 15 is 0 Å². The highest BCUT2D eigenvalue weighted by atomic mass is 19.1. The Morgan fingerprint density at radius 2 is 1.76 bits per heavy atom. The van der Waals surface area contributed by atoms with E-state index in [4.69, 9.17) is 0 Å². The summed E-state index contributed by atoms with van der Waals surface area (Å²) in [4.78, 5) is 12.4. The number of ketones is 1. The minimum absolute atomic E-state index is 0.0320. The lowest BCUT2D eigenvalue weighted by Gasteiger charge is -2.40. The molecule has 3 rings (SSSR count). The van der Waals surface area contributed by atoms with Crippen LogP contribution in [0.2, 0.25) is 0 Å². The maximum absolute atomic E-state index is 13.4. The van der Waals surface area contributed by atoms with Crippen molar-refractivity contribution >= 4 is 11.5 Å². The molecule has 0 radical (unpaired) electrons. The van der Waals surface area contributed by atoms with Gasteiger partial charge in [-0.1, -0.05) is 50.2 Å². The van der Waals surface area contributed by atoms with Crippen LogP contribution in [0.5, 0.6) is 0 Å². The fraction of sp³-hybridized carbons (Fsp3) is 0.462. The lowest BCUT2D eigenvalue weighted by atomic mass is 9.74. The van der Waals surface area contributed by atoms with Gasteiger partial charge in [0.05, 0.1) is 11.8 Å². The number of nitrogens with zero attached hydrogens (tertiary/aromatic N) is 1. The summed E-state index contributed by atoms with van der Waals surface area (Å²) >= 11 is 0. The van der Waals surface area contributed by atoms with E-state index in [1.165, 1.54) is 5.56 Å². The van der Waals surface area contributed by atoms with Crippen LogP contribution < -0.4 is 5.32 Å². The Labute approximate surface area is 193 Å². The smallest absolute Gasteiger partial charge is 0.165 e. The molecule has 0 aromatic heterocycles. The van der Waals surface area contributed by atoms with Crippen molar-refractivity contribution in [2.75, 3.05) is 6.54 Å². The van der Waals surface area contributed by atoms with Crippen LogP contribution in [0, 0.1) is 11.6 Å². The Balaban J connectivity index is 1.76. The molecule has 0 spiro atoms. The molecule has 1 aliphatic carbocycles. The lowest BCUT2D eigenvalue weighted by Crippen LogP contribution is -2.48. The molecule has 3 N–H and O–H groups in total. The van der Waals surface area contributed by atoms with Crippen molar-refractivity contribution in [3.63, 3.8) is 0 Å². The molecular weight excluding hydrogens is 426 g/mol. The minimum atomic E-state index is -1.03. The zero-order valence-electron chi connectivity index (χ0n) is 19.4. The number of aliphatic hydroxyl groups excluding tert-OH is 1. The summed E-state index contributed by atoms with van der Waals surface area (Å²) in [5, 5.41) is 26.6. The molecular formula is C26H32F2N2O3. The van der Waals surface area contributed by atoms with Gasteiger partial charge in [-0.15, -0.1) is 0 Å². The third-order valence-electron chi connectivity index (χ3n) is 6.38. The van der Waals surface area contributed by atoms with Gasteiger partial charge in [-0.25, -0.2) is 8.78 Å². The second kappa shape index (κ2) is 10.1. The average molecular weight is 459 g/mol. The van der Waals surface area contributed by atoms with Gasteiger partial charge in [0.1, 0.15) is 11.6 Å². The van der Waals surface area contributed by atoms with Crippen molar-refractivity contribution in [3.8, 4) is 0 Å². The van der Waals surface area contributed by atoms with E-state index in [0.717, 1.165) is 23.4 Å². The van der Waals surface area contributed by atoms with Gasteiger partial charge in [0.25, 0.3) is 0 Å². The number of halogens is 2. The molecule has 0 amide bonds. The van der Waals surface area contributed by atoms with Crippen LogP contribution >= 0.6 is 0 Å². The summed E-state index contributed by atoms with van der Waals surface area (Å²) in [5.41, 5.74) is 2.42. The first-order chi connectivity index (χ1) is 15.5. The number of aliphatic hydroxyl groups is 1. The van der Waals surface area contributed by atoms with Gasteiger partial charge in [0.15, 0.2) is 5.78 Å². The highest BCUT2D eigenvalue weighted by Gasteiger charge is 2.36. The van der Waals surface area contributed by atoms with Crippen molar-refractivity contribution in [2.45, 2.75) is 69.9 Å². The molecule has 0 bridgehead atoms. The third kappa shape index (κ3) is 6.24. The second-order valence-electron chi connectivity index (χ2n) is 9.90. The van der Waals surface area contributed by atoms with Crippen molar-refractivity contribution in [1.29, 1.82) is 0 Å². The monoisotopic (exact) mass is 458 g/mol. The van der Waals surface area contributed by atoms with Crippen molar-refractivity contribution in [2.24, 2.45) is 5.16 Å². The normalized spacial score (nSPS) is 19.9. The summed E-state index contributed by atoms with van der Waals surface area (Å²) in [6.45, 7) is 6.57. The summed E-state index contributed by atoms with van der Waals surface area (Å²) in [5.74, 6) is -2.18. The molecule has 1 atom stereocenters. The van der Waals surface area contributed by atoms with Crippen LogP contribution in [0.1, 0.15) is 74.4 Å². The molecule has 178 valence electrons. The van der Waals surface area contributed by atoms with Gasteiger partial charge in [-0.05, 0) is 54.4 Å². The standard InChI is InChI=1S/C26H32F2N2O3/c1-25(2,3)18-5-4-6-19(13-18)26(9-7-22(30-33)8-10-26)29-16-23(31)15-24(32)17-11-20(27)14-21(28)12-17/h4-6,11-14,23,29,31,33H,7-10,15-16H2,1-3H3. The molecule has 0 aliphatic heterocycles. The second-order valence-corrected chi connectivity index (χ2v) is 9.90. The fourth-order valence-electron chi connectivity index (χ4n) is 4.35. The molecule has 33 heavy (non-hydrogen) atoms. The lowest BCUT2D eigenvalue weighted by molar-refractivity contribution is 0.0854. The highest BCUT2D eigenvalue weighted by Crippen LogP contribution is 2.38. The molecule has 0 heterocycles. The summed E-state index contributed by atoms with van der Waals surface area (Å²) in [6, 6.07) is 11.0. The van der Waals surface area contributed by atoms with Gasteiger partial charge in [-0.2, -0.15) is 0 Å². The maximum atomic E-state index is 13.4. The predicted octanol–water partition coefficient (Wildman–Crippen LogP) is 5.09. The first kappa shape index (κ1) is 25.0. The van der Waals surface area contributed by atoms with Gasteiger partial charge in [-0.3, -0.25) is 4.79 Å². The topological polar surface area (TPSA) is 81.9 Å². The number of rotatable bonds is 7. The number of hydrogen-bond acceptors (Lipinski definition) is 5. The average Bonchev–Trinajstić information content (AvgIpc) is 2.77. The summed E-state index contributed by atoms with van der Waals surface area (Å²) in [6.07, 6.45) is 1.30. The van der Waals surface area contributed by atoms with Crippen LogP contribution in [-0.2, 0) is 11.0 Å². The number of oxime groups is 1. The van der Waals surface area contributed by atoms with E-state index in [0.29, 0.717) is 31.7 Å². The maximum Gasteiger partial charge on any atom is 0.165 e. The van der Waals surface area contributed by atoms with E-state index in [1.807, 2.05) is 6.07 Å². The SMILES string of the molecule is CC(C)(C)c1cccc(C2(NCC(O)CC(=O)c3cc(F)cc(F)c3)CCC(=NO)CC2)c1. The van der Waals surface area contributed by atoms with Gasteiger partial charge >= 0.3 is 0 Å². The molecule has 1 aliphatic rings. The number of carbonyl (C=O) groups excluding carboxylic acids is 1. The summed E-state index contributed by atoms with van der Waals surface area (Å²) in [7, 11) is 0. The fourth-order valence-corrected chi connectivity index (χ4v) is 4.35. The minimum Gasteiger partial charge on any atom is -0.411 e. The number of Topliss-reactive ketones (excluding diaryl/α,β-unsaturated/α-hetero) is 1. The van der Waals surface area contributed by atoms with Crippen LogP contribution in [-0.4, -0.2) is 34.5 Å². The van der Waals surface area contributed by atoms with Crippen molar-refractivity contribution in [1.82, 2.24) is 5.32 Å². The van der Waals surface area contributed by atoms with Crippen LogP contribution in [0.3, 0.4) is 0 Å². The number of benzene rings is 2. The Morgan fingerprint density at radius 1 is 1.12 bits per heavy atom. The Bertz CT molecular complexity index is 1000. The Kier molecular flexibility index (Phi) is 7.65. The quantitative estimate of drug-likeness (QED) is 0.307. The molecule has 0 saturated heterocycles. The number of carbonyl (C=O) groups is 1. The van der Waals surface area contributed by atoms with Crippen molar-refractivity contribution < 1.29 is 23.9 Å². The van der Waals surface area contributed by atoms with E-state index in [1.54, 1.807) is 0 Å². The first-order valence-electron chi connectivity index (χ1n) is 11.3. The predicted molar refractivity (Wildman–Crippen MR) is 124 cm³/mol. The van der Waals surface area contributed by atoms with E-state index < -0.39 is 29.1 Å². The van der Waals surface area contributed by atoms with Gasteiger partial charge < -0.3 is 15.6 Å². The van der Waals surface area contributed by atoms with Gasteiger partial charge in [0.2, 0.25) is 0 Å². The molecule has 2 aromatic rings. The van der Waals surface area contributed by atoms with Crippen LogP contribution in [0.4, 0.5) is 8.78 Å². The van der Waals surface area contributed by atoms with Gasteiger partial charge in [0, 0.05) is 30.1 Å². The first-order valence-corrected chi connectivity index (χ1v) is 11.3. The molecule has 1 fully saturated rings. The molecule has 7 heteroatoms. The zero-order valence-corrected chi connectivity index (χ0v) is 19.4. The third-order valence-corrected chi connectivity index (χ3v) is 6.38. The number of hydrogen-bond donors (Lipinski definition) is 3. The molecule has 5 nitrogen and oxygen atoms in total.